The molecule has 3 atom stereocenters. The molecule has 0 N–H and O–H groups in total. The highest BCUT2D eigenvalue weighted by molar-refractivity contribution is 6.33. The first-order chi connectivity index (χ1) is 12.1. The number of pyridine rings is 1. The maximum atomic E-state index is 12.6. The van der Waals surface area contributed by atoms with Gasteiger partial charge in [-0.1, -0.05) is 31.4 Å². The normalized spacial score (nSPS) is 29.6. The van der Waals surface area contributed by atoms with Gasteiger partial charge in [0.1, 0.15) is 5.82 Å². The molecule has 2 aliphatic heterocycles. The lowest BCUT2D eigenvalue weighted by molar-refractivity contribution is 0.0302. The number of carbonyl (C=O) groups is 1. The van der Waals surface area contributed by atoms with Crippen LogP contribution in [0, 0.1) is 11.8 Å². The molecule has 25 heavy (non-hydrogen) atoms. The summed E-state index contributed by atoms with van der Waals surface area (Å²) < 4.78 is 5.31. The molecule has 4 rings (SSSR count). The maximum Gasteiger partial charge on any atom is 0.255 e. The Morgan fingerprint density at radius 3 is 2.80 bits per heavy atom. The second-order valence-electron chi connectivity index (χ2n) is 7.58. The molecular weight excluding hydrogens is 338 g/mol. The quantitative estimate of drug-likeness (QED) is 0.809. The van der Waals surface area contributed by atoms with Crippen molar-refractivity contribution in [2.24, 2.45) is 11.8 Å². The summed E-state index contributed by atoms with van der Waals surface area (Å²) in [6, 6.07) is 2.34. The average Bonchev–Trinajstić information content (AvgIpc) is 2.99. The largest absolute Gasteiger partial charge is 0.378 e. The highest BCUT2D eigenvalue weighted by atomic mass is 35.5. The van der Waals surface area contributed by atoms with Crippen LogP contribution in [0.4, 0.5) is 5.82 Å². The minimum atomic E-state index is -0.00502. The fourth-order valence-corrected chi connectivity index (χ4v) is 5.00. The highest BCUT2D eigenvalue weighted by Gasteiger charge is 2.41. The van der Waals surface area contributed by atoms with Gasteiger partial charge in [-0.05, 0) is 30.7 Å². The van der Waals surface area contributed by atoms with Crippen molar-refractivity contribution in [2.45, 2.75) is 38.6 Å². The van der Waals surface area contributed by atoms with E-state index in [4.69, 9.17) is 16.3 Å². The Morgan fingerprint density at radius 1 is 1.28 bits per heavy atom. The van der Waals surface area contributed by atoms with Crippen molar-refractivity contribution >= 4 is 23.3 Å². The van der Waals surface area contributed by atoms with E-state index in [9.17, 15) is 4.79 Å². The summed E-state index contributed by atoms with van der Waals surface area (Å²) in [5.41, 5.74) is 0.572. The molecule has 0 spiro atoms. The highest BCUT2D eigenvalue weighted by Crippen LogP contribution is 2.43. The number of fused-ring (bicyclic) bond motifs is 1. The minimum absolute atomic E-state index is 0.00502. The van der Waals surface area contributed by atoms with Crippen LogP contribution < -0.4 is 4.90 Å². The monoisotopic (exact) mass is 363 g/mol. The Morgan fingerprint density at radius 2 is 2.04 bits per heavy atom. The van der Waals surface area contributed by atoms with Gasteiger partial charge in [-0.2, -0.15) is 0 Å². The maximum absolute atomic E-state index is 12.6. The molecule has 2 saturated heterocycles. The van der Waals surface area contributed by atoms with E-state index in [1.54, 1.807) is 12.3 Å². The molecule has 1 saturated carbocycles. The van der Waals surface area contributed by atoms with E-state index in [0.29, 0.717) is 48.8 Å². The zero-order chi connectivity index (χ0) is 17.4. The van der Waals surface area contributed by atoms with Gasteiger partial charge < -0.3 is 14.5 Å². The Labute approximate surface area is 154 Å². The van der Waals surface area contributed by atoms with Crippen LogP contribution in [-0.4, -0.2) is 54.7 Å². The molecule has 3 aliphatic rings. The van der Waals surface area contributed by atoms with E-state index in [1.807, 2.05) is 4.90 Å². The first-order valence-electron chi connectivity index (χ1n) is 9.44. The van der Waals surface area contributed by atoms with Gasteiger partial charge in [0.2, 0.25) is 0 Å². The van der Waals surface area contributed by atoms with Crippen molar-refractivity contribution in [3.8, 4) is 0 Å². The molecule has 3 unspecified atom stereocenters. The van der Waals surface area contributed by atoms with Crippen molar-refractivity contribution in [3.63, 3.8) is 0 Å². The number of carbonyl (C=O) groups excluding carboxylic acids is 1. The smallest absolute Gasteiger partial charge is 0.255 e. The van der Waals surface area contributed by atoms with Crippen LogP contribution in [0.25, 0.3) is 0 Å². The number of ether oxygens (including phenoxy) is 1. The molecule has 0 aromatic carbocycles. The lowest BCUT2D eigenvalue weighted by atomic mass is 9.80. The first kappa shape index (κ1) is 17.1. The molecule has 6 heteroatoms. The van der Waals surface area contributed by atoms with Crippen LogP contribution in [-0.2, 0) is 4.74 Å². The molecule has 5 nitrogen and oxygen atoms in total. The van der Waals surface area contributed by atoms with Gasteiger partial charge in [0.05, 0.1) is 23.8 Å². The topological polar surface area (TPSA) is 45.7 Å². The second kappa shape index (κ2) is 7.12. The van der Waals surface area contributed by atoms with E-state index in [2.05, 4.69) is 16.8 Å². The summed E-state index contributed by atoms with van der Waals surface area (Å²) in [6.45, 7) is 5.81. The fraction of sp³-hybridized carbons (Fsp3) is 0.684. The van der Waals surface area contributed by atoms with Gasteiger partial charge in [0.25, 0.3) is 5.91 Å². The van der Waals surface area contributed by atoms with Crippen LogP contribution in [0.2, 0.25) is 5.02 Å². The minimum Gasteiger partial charge on any atom is -0.378 e. The van der Waals surface area contributed by atoms with Crippen LogP contribution >= 0.6 is 11.6 Å². The number of amides is 1. The summed E-state index contributed by atoms with van der Waals surface area (Å²) in [4.78, 5) is 21.4. The molecule has 1 aromatic rings. The van der Waals surface area contributed by atoms with Gasteiger partial charge in [0.15, 0.2) is 0 Å². The van der Waals surface area contributed by atoms with E-state index in [1.165, 1.54) is 25.7 Å². The Hall–Kier alpha value is -1.33. The number of rotatable bonds is 2. The molecule has 3 fully saturated rings. The summed E-state index contributed by atoms with van der Waals surface area (Å²) in [6.07, 6.45) is 6.86. The molecule has 0 bridgehead atoms. The SMILES string of the molecule is CC1CN(c2ncc(C(=O)N3CCOCC3)cc2Cl)C2CCCCC12. The molecule has 136 valence electrons. The van der Waals surface area contributed by atoms with Crippen LogP contribution in [0.3, 0.4) is 0 Å². The van der Waals surface area contributed by atoms with Crippen LogP contribution in [0.1, 0.15) is 43.0 Å². The zero-order valence-corrected chi connectivity index (χ0v) is 15.5. The number of hydrogen-bond donors (Lipinski definition) is 0. The number of aromatic nitrogens is 1. The van der Waals surface area contributed by atoms with E-state index in [-0.39, 0.29) is 5.91 Å². The van der Waals surface area contributed by atoms with Gasteiger partial charge in [-0.15, -0.1) is 0 Å². The summed E-state index contributed by atoms with van der Waals surface area (Å²) in [7, 11) is 0. The predicted molar refractivity (Wildman–Crippen MR) is 98.2 cm³/mol. The third-order valence-corrected chi connectivity index (χ3v) is 6.31. The second-order valence-corrected chi connectivity index (χ2v) is 7.99. The van der Waals surface area contributed by atoms with Gasteiger partial charge in [0, 0.05) is 31.9 Å². The standard InChI is InChI=1S/C19H26ClN3O2/c1-13-12-23(17-5-3-2-4-15(13)17)18-16(20)10-14(11-21-18)19(24)22-6-8-25-9-7-22/h10-11,13,15,17H,2-9,12H2,1H3. The van der Waals surface area contributed by atoms with E-state index >= 15 is 0 Å². The first-order valence-corrected chi connectivity index (χ1v) is 9.82. The molecule has 1 aromatic heterocycles. The van der Waals surface area contributed by atoms with Gasteiger partial charge >= 0.3 is 0 Å². The van der Waals surface area contributed by atoms with Gasteiger partial charge in [-0.3, -0.25) is 4.79 Å². The van der Waals surface area contributed by atoms with E-state index in [0.717, 1.165) is 18.3 Å². The summed E-state index contributed by atoms with van der Waals surface area (Å²) in [5.74, 6) is 2.27. The van der Waals surface area contributed by atoms with Crippen molar-refractivity contribution in [1.29, 1.82) is 0 Å². The summed E-state index contributed by atoms with van der Waals surface area (Å²) >= 11 is 6.57. The summed E-state index contributed by atoms with van der Waals surface area (Å²) in [5, 5.41) is 0.595. The van der Waals surface area contributed by atoms with Gasteiger partial charge in [-0.25, -0.2) is 4.98 Å². The number of morpholine rings is 1. The Balaban J connectivity index is 1.54. The molecule has 3 heterocycles. The molecule has 0 radical (unpaired) electrons. The third-order valence-electron chi connectivity index (χ3n) is 6.04. The number of nitrogens with zero attached hydrogens (tertiary/aromatic N) is 3. The third kappa shape index (κ3) is 3.24. The van der Waals surface area contributed by atoms with Crippen LogP contribution in [0.5, 0.6) is 0 Å². The lowest BCUT2D eigenvalue weighted by Gasteiger charge is -2.33. The van der Waals surface area contributed by atoms with Crippen molar-refractivity contribution in [1.82, 2.24) is 9.88 Å². The molecular formula is C19H26ClN3O2. The van der Waals surface area contributed by atoms with E-state index < -0.39 is 0 Å². The van der Waals surface area contributed by atoms with Crippen molar-refractivity contribution in [2.75, 3.05) is 37.7 Å². The molecule has 1 aliphatic carbocycles. The molecule has 1 amide bonds. The average molecular weight is 364 g/mol. The van der Waals surface area contributed by atoms with Crippen molar-refractivity contribution < 1.29 is 9.53 Å². The Kier molecular flexibility index (Phi) is 4.87. The number of halogens is 1. The van der Waals surface area contributed by atoms with Crippen molar-refractivity contribution in [3.05, 3.63) is 22.8 Å². The number of hydrogen-bond acceptors (Lipinski definition) is 4. The Bertz CT molecular complexity index is 648. The fourth-order valence-electron chi connectivity index (χ4n) is 4.72. The van der Waals surface area contributed by atoms with Crippen LogP contribution in [0.15, 0.2) is 12.3 Å². The number of anilines is 1. The predicted octanol–water partition coefficient (Wildman–Crippen LogP) is 3.22. The zero-order valence-electron chi connectivity index (χ0n) is 14.8. The lowest BCUT2D eigenvalue weighted by Crippen LogP contribution is -2.40.